The van der Waals surface area contributed by atoms with E-state index in [0.717, 1.165) is 7.11 Å². The number of ether oxygens (including phenoxy) is 1. The van der Waals surface area contributed by atoms with Gasteiger partial charge in [0.1, 0.15) is 5.92 Å². The third kappa shape index (κ3) is 1.17. The number of hydrogen-bond acceptors (Lipinski definition) is 2. The molecule has 0 aromatic carbocycles. The molecule has 12 heavy (non-hydrogen) atoms. The van der Waals surface area contributed by atoms with Crippen LogP contribution in [0.4, 0.5) is 8.78 Å². The van der Waals surface area contributed by atoms with Crippen LogP contribution in [-0.2, 0) is 9.53 Å². The molecule has 1 rings (SSSR count). The Bertz CT molecular complexity index is 218. The largest absolute Gasteiger partial charge is 0.469 e. The topological polar surface area (TPSA) is 26.3 Å². The number of rotatable bonds is 1. The normalized spacial score (nSPS) is 30.6. The Morgan fingerprint density at radius 2 is 2.08 bits per heavy atom. The van der Waals surface area contributed by atoms with Gasteiger partial charge in [0.05, 0.1) is 7.11 Å². The summed E-state index contributed by atoms with van der Waals surface area (Å²) in [6.45, 7) is 0. The molecule has 1 unspecified atom stereocenters. The highest BCUT2D eigenvalue weighted by atomic mass is 35.5. The van der Waals surface area contributed by atoms with Crippen LogP contribution in [0.1, 0.15) is 6.42 Å². The van der Waals surface area contributed by atoms with E-state index >= 15 is 0 Å². The van der Waals surface area contributed by atoms with E-state index in [1.54, 1.807) is 0 Å². The number of methoxy groups -OCH3 is 1. The Morgan fingerprint density at radius 3 is 2.33 bits per heavy atom. The number of esters is 1. The van der Waals surface area contributed by atoms with Crippen LogP contribution in [0, 0.1) is 5.92 Å². The van der Waals surface area contributed by atoms with Crippen molar-refractivity contribution in [2.45, 2.75) is 16.7 Å². The second kappa shape index (κ2) is 2.70. The first kappa shape index (κ1) is 9.99. The summed E-state index contributed by atoms with van der Waals surface area (Å²) in [4.78, 5) is 10.8. The van der Waals surface area contributed by atoms with Crippen LogP contribution in [0.25, 0.3) is 0 Å². The molecule has 70 valence electrons. The Morgan fingerprint density at radius 1 is 1.58 bits per heavy atom. The van der Waals surface area contributed by atoms with Crippen molar-refractivity contribution in [1.29, 1.82) is 0 Å². The lowest BCUT2D eigenvalue weighted by atomic mass is 9.80. The van der Waals surface area contributed by atoms with Crippen molar-refractivity contribution in [3.05, 3.63) is 0 Å². The number of hydrogen-bond donors (Lipinski definition) is 0. The van der Waals surface area contributed by atoms with E-state index in [4.69, 9.17) is 23.2 Å². The van der Waals surface area contributed by atoms with Gasteiger partial charge in [-0.3, -0.25) is 4.79 Å². The Labute approximate surface area is 77.8 Å². The monoisotopic (exact) mass is 218 g/mol. The average molecular weight is 219 g/mol. The molecule has 1 fully saturated rings. The molecular formula is C6H6Cl2F2O2. The van der Waals surface area contributed by atoms with Gasteiger partial charge >= 0.3 is 5.97 Å². The molecule has 0 radical (unpaired) electrons. The number of halogens is 4. The lowest BCUT2D eigenvalue weighted by molar-refractivity contribution is -0.172. The van der Waals surface area contributed by atoms with Crippen molar-refractivity contribution >= 4 is 29.2 Å². The molecule has 0 aromatic heterocycles. The third-order valence-electron chi connectivity index (χ3n) is 1.87. The van der Waals surface area contributed by atoms with Crippen LogP contribution in [0.2, 0.25) is 0 Å². The lowest BCUT2D eigenvalue weighted by Gasteiger charge is -2.44. The fourth-order valence-corrected chi connectivity index (χ4v) is 1.50. The van der Waals surface area contributed by atoms with Crippen molar-refractivity contribution in [2.24, 2.45) is 5.92 Å². The zero-order valence-corrected chi connectivity index (χ0v) is 7.62. The standard InChI is InChI=1S/C6H6Cl2F2O2/c1-12-4(11)3-2-5(9,10)6(3,7)8/h3H,2H2,1H3. The van der Waals surface area contributed by atoms with Gasteiger partial charge in [0.2, 0.25) is 0 Å². The molecule has 1 atom stereocenters. The molecular weight excluding hydrogens is 213 g/mol. The predicted molar refractivity (Wildman–Crippen MR) is 39.5 cm³/mol. The summed E-state index contributed by atoms with van der Waals surface area (Å²) in [6.07, 6.45) is -0.646. The maximum Gasteiger partial charge on any atom is 0.312 e. The highest BCUT2D eigenvalue weighted by molar-refractivity contribution is 6.51. The molecule has 1 aliphatic carbocycles. The molecule has 2 nitrogen and oxygen atoms in total. The minimum absolute atomic E-state index is 0.646. The van der Waals surface area contributed by atoms with Crippen molar-refractivity contribution in [3.8, 4) is 0 Å². The minimum Gasteiger partial charge on any atom is -0.469 e. The van der Waals surface area contributed by atoms with Crippen LogP contribution in [0.5, 0.6) is 0 Å². The summed E-state index contributed by atoms with van der Waals surface area (Å²) in [5.74, 6) is -5.12. The first-order valence-corrected chi connectivity index (χ1v) is 3.92. The van der Waals surface area contributed by atoms with Crippen LogP contribution < -0.4 is 0 Å². The first-order valence-electron chi connectivity index (χ1n) is 3.16. The van der Waals surface area contributed by atoms with Gasteiger partial charge in [0, 0.05) is 6.42 Å². The highest BCUT2D eigenvalue weighted by Gasteiger charge is 2.70. The molecule has 0 spiro atoms. The van der Waals surface area contributed by atoms with E-state index in [-0.39, 0.29) is 0 Å². The van der Waals surface area contributed by atoms with Gasteiger partial charge in [-0.1, -0.05) is 23.2 Å². The maximum absolute atomic E-state index is 12.6. The van der Waals surface area contributed by atoms with Gasteiger partial charge < -0.3 is 4.74 Å². The van der Waals surface area contributed by atoms with E-state index in [1.165, 1.54) is 0 Å². The van der Waals surface area contributed by atoms with Gasteiger partial charge in [-0.15, -0.1) is 0 Å². The molecule has 0 heterocycles. The van der Waals surface area contributed by atoms with Gasteiger partial charge in [0.25, 0.3) is 5.92 Å². The second-order valence-corrected chi connectivity index (χ2v) is 3.99. The fraction of sp³-hybridized carbons (Fsp3) is 0.833. The van der Waals surface area contributed by atoms with Crippen LogP contribution >= 0.6 is 23.2 Å². The van der Waals surface area contributed by atoms with Crippen LogP contribution in [0.15, 0.2) is 0 Å². The van der Waals surface area contributed by atoms with E-state index < -0.39 is 28.6 Å². The molecule has 0 bridgehead atoms. The fourth-order valence-electron chi connectivity index (χ4n) is 1.02. The summed E-state index contributed by atoms with van der Waals surface area (Å²) in [6, 6.07) is 0. The Kier molecular flexibility index (Phi) is 2.25. The van der Waals surface area contributed by atoms with E-state index in [2.05, 4.69) is 4.74 Å². The van der Waals surface area contributed by atoms with Crippen molar-refractivity contribution in [3.63, 3.8) is 0 Å². The van der Waals surface area contributed by atoms with Gasteiger partial charge in [0.15, 0.2) is 4.33 Å². The summed E-state index contributed by atoms with van der Waals surface area (Å²) in [5.41, 5.74) is 0. The summed E-state index contributed by atoms with van der Waals surface area (Å²) in [7, 11) is 1.10. The second-order valence-electron chi connectivity index (χ2n) is 2.61. The van der Waals surface area contributed by atoms with E-state index in [0.29, 0.717) is 0 Å². The van der Waals surface area contributed by atoms with Crippen molar-refractivity contribution in [1.82, 2.24) is 0 Å². The molecule has 0 N–H and O–H groups in total. The maximum atomic E-state index is 12.6. The lowest BCUT2D eigenvalue weighted by Crippen LogP contribution is -2.60. The molecule has 1 saturated carbocycles. The third-order valence-corrected chi connectivity index (χ3v) is 2.95. The number of carbonyl (C=O) groups excluding carboxylic acids is 1. The zero-order chi connectivity index (χ0) is 9.57. The van der Waals surface area contributed by atoms with Gasteiger partial charge in [-0.05, 0) is 0 Å². The zero-order valence-electron chi connectivity index (χ0n) is 6.11. The van der Waals surface area contributed by atoms with Crippen LogP contribution in [-0.4, -0.2) is 23.3 Å². The highest BCUT2D eigenvalue weighted by Crippen LogP contribution is 2.58. The minimum atomic E-state index is -3.20. The van der Waals surface area contributed by atoms with E-state index in [1.807, 2.05) is 0 Å². The molecule has 6 heteroatoms. The molecule has 0 aromatic rings. The number of carbonyl (C=O) groups is 1. The van der Waals surface area contributed by atoms with Crippen molar-refractivity contribution in [2.75, 3.05) is 7.11 Å². The SMILES string of the molecule is COC(=O)C1CC(F)(F)C1(Cl)Cl. The Hall–Kier alpha value is -0.0900. The molecule has 0 aliphatic heterocycles. The van der Waals surface area contributed by atoms with E-state index in [9.17, 15) is 13.6 Å². The summed E-state index contributed by atoms with van der Waals surface area (Å²) in [5, 5.41) is 0. The smallest absolute Gasteiger partial charge is 0.312 e. The first-order chi connectivity index (χ1) is 5.33. The predicted octanol–water partition coefficient (Wildman–Crippen LogP) is 1.99. The molecule has 0 saturated heterocycles. The van der Waals surface area contributed by atoms with Gasteiger partial charge in [-0.2, -0.15) is 0 Å². The van der Waals surface area contributed by atoms with Crippen LogP contribution in [0.3, 0.4) is 0 Å². The quantitative estimate of drug-likeness (QED) is 0.497. The van der Waals surface area contributed by atoms with Crippen molar-refractivity contribution < 1.29 is 18.3 Å². The molecule has 0 amide bonds. The van der Waals surface area contributed by atoms with Gasteiger partial charge in [-0.25, -0.2) is 8.78 Å². The number of alkyl halides is 4. The average Bonchev–Trinajstić information content (AvgIpc) is 1.99. The molecule has 1 aliphatic rings. The summed E-state index contributed by atoms with van der Waals surface area (Å²) < 4.78 is 27.1. The summed E-state index contributed by atoms with van der Waals surface area (Å²) >= 11 is 10.5. The Balaban J connectivity index is 2.72.